The largest absolute Gasteiger partial charge is 0.465 e. The number of esters is 1. The highest BCUT2D eigenvalue weighted by Gasteiger charge is 2.35. The van der Waals surface area contributed by atoms with Crippen molar-refractivity contribution >= 4 is 52.5 Å². The number of rotatable bonds is 4. The summed E-state index contributed by atoms with van der Waals surface area (Å²) in [7, 11) is 4.36. The second-order valence-electron chi connectivity index (χ2n) is 4.50. The van der Waals surface area contributed by atoms with Gasteiger partial charge in [-0.1, -0.05) is 46.9 Å². The normalized spacial score (nSPS) is 12.3. The first-order valence-electron chi connectivity index (χ1n) is 6.15. The molecular formula is C13H16Cl3N3O3. The van der Waals surface area contributed by atoms with Crippen molar-refractivity contribution in [1.82, 2.24) is 10.2 Å². The van der Waals surface area contributed by atoms with Crippen molar-refractivity contribution in [2.45, 2.75) is 9.96 Å². The van der Waals surface area contributed by atoms with Gasteiger partial charge in [0.05, 0.1) is 18.4 Å². The Labute approximate surface area is 143 Å². The number of methoxy groups -OCH3 is 1. The van der Waals surface area contributed by atoms with Gasteiger partial charge in [0.15, 0.2) is 0 Å². The van der Waals surface area contributed by atoms with Crippen molar-refractivity contribution in [3.63, 3.8) is 0 Å². The van der Waals surface area contributed by atoms with E-state index in [1.807, 2.05) is 0 Å². The third-order valence-corrected chi connectivity index (χ3v) is 3.29. The maximum atomic E-state index is 11.8. The Bertz CT molecular complexity index is 547. The molecule has 1 aromatic carbocycles. The molecule has 1 atom stereocenters. The summed E-state index contributed by atoms with van der Waals surface area (Å²) in [6.07, 6.45) is -1.06. The lowest BCUT2D eigenvalue weighted by Crippen LogP contribution is -2.52. The number of nitrogens with zero attached hydrogens (tertiary/aromatic N) is 1. The van der Waals surface area contributed by atoms with Crippen molar-refractivity contribution in [2.24, 2.45) is 0 Å². The fourth-order valence-corrected chi connectivity index (χ4v) is 1.83. The molecule has 2 N–H and O–H groups in total. The molecule has 0 aliphatic rings. The summed E-state index contributed by atoms with van der Waals surface area (Å²) in [6.45, 7) is 0. The molecule has 2 amide bonds. The van der Waals surface area contributed by atoms with Crippen LogP contribution in [0.5, 0.6) is 0 Å². The molecule has 1 rings (SSSR count). The molecule has 1 aromatic rings. The SMILES string of the molecule is COC(=O)c1ccccc1N[C@@H](NC(=O)N(C)C)C(Cl)(Cl)Cl. The Morgan fingerprint density at radius 3 is 2.32 bits per heavy atom. The van der Waals surface area contributed by atoms with E-state index in [0.717, 1.165) is 0 Å². The molecule has 6 nitrogen and oxygen atoms in total. The maximum absolute atomic E-state index is 11.8. The molecule has 0 aliphatic carbocycles. The molecule has 0 aliphatic heterocycles. The minimum atomic E-state index is -1.84. The van der Waals surface area contributed by atoms with Crippen LogP contribution in [0, 0.1) is 0 Å². The molecule has 22 heavy (non-hydrogen) atoms. The van der Waals surface area contributed by atoms with Gasteiger partial charge >= 0.3 is 12.0 Å². The number of carbonyl (C=O) groups excluding carboxylic acids is 2. The summed E-state index contributed by atoms with van der Waals surface area (Å²) < 4.78 is 2.85. The van der Waals surface area contributed by atoms with E-state index < -0.39 is 22.0 Å². The van der Waals surface area contributed by atoms with Crippen LogP contribution in [-0.4, -0.2) is 48.1 Å². The van der Waals surface area contributed by atoms with Crippen LogP contribution in [0.1, 0.15) is 10.4 Å². The zero-order chi connectivity index (χ0) is 16.9. The second-order valence-corrected chi connectivity index (χ2v) is 6.87. The molecule has 0 spiro atoms. The topological polar surface area (TPSA) is 70.7 Å². The molecule has 0 radical (unpaired) electrons. The number of anilines is 1. The zero-order valence-corrected chi connectivity index (χ0v) is 14.5. The number of carbonyl (C=O) groups is 2. The van der Waals surface area contributed by atoms with Crippen molar-refractivity contribution < 1.29 is 14.3 Å². The molecule has 122 valence electrons. The van der Waals surface area contributed by atoms with Crippen LogP contribution in [0.25, 0.3) is 0 Å². The lowest BCUT2D eigenvalue weighted by Gasteiger charge is -2.29. The fraction of sp³-hybridized carbons (Fsp3) is 0.385. The van der Waals surface area contributed by atoms with Gasteiger partial charge in [0.1, 0.15) is 6.17 Å². The Balaban J connectivity index is 3.05. The zero-order valence-electron chi connectivity index (χ0n) is 12.2. The first-order valence-corrected chi connectivity index (χ1v) is 7.28. The predicted octanol–water partition coefficient (Wildman–Crippen LogP) is 2.85. The molecule has 0 unspecified atom stereocenters. The van der Waals surface area contributed by atoms with E-state index in [2.05, 4.69) is 15.4 Å². The summed E-state index contributed by atoms with van der Waals surface area (Å²) in [5.41, 5.74) is 0.619. The van der Waals surface area contributed by atoms with Gasteiger partial charge in [-0.05, 0) is 12.1 Å². The van der Waals surface area contributed by atoms with Crippen molar-refractivity contribution in [1.29, 1.82) is 0 Å². The van der Waals surface area contributed by atoms with Crippen LogP contribution in [0.4, 0.5) is 10.5 Å². The molecule has 0 heterocycles. The maximum Gasteiger partial charge on any atom is 0.339 e. The molecule has 9 heteroatoms. The standard InChI is InChI=1S/C13H16Cl3N3O3/c1-19(2)12(21)18-11(13(14,15)16)17-9-7-5-4-6-8(9)10(20)22-3/h4-7,11,17H,1-3H3,(H,18,21)/t11-/m0/s1. The number of halogens is 3. The molecule has 0 aromatic heterocycles. The minimum Gasteiger partial charge on any atom is -0.465 e. The number of hydrogen-bond donors (Lipinski definition) is 2. The molecule has 0 saturated heterocycles. The fourth-order valence-electron chi connectivity index (χ4n) is 1.50. The van der Waals surface area contributed by atoms with Crippen LogP contribution in [0.3, 0.4) is 0 Å². The van der Waals surface area contributed by atoms with E-state index in [1.54, 1.807) is 38.4 Å². The average Bonchev–Trinajstić information content (AvgIpc) is 2.45. The van der Waals surface area contributed by atoms with E-state index in [1.165, 1.54) is 12.0 Å². The van der Waals surface area contributed by atoms with Gasteiger partial charge in [0.25, 0.3) is 0 Å². The van der Waals surface area contributed by atoms with Gasteiger partial charge in [0, 0.05) is 14.1 Å². The van der Waals surface area contributed by atoms with Crippen molar-refractivity contribution in [2.75, 3.05) is 26.5 Å². The monoisotopic (exact) mass is 367 g/mol. The summed E-state index contributed by atoms with van der Waals surface area (Å²) in [6, 6.07) is 6.06. The highest BCUT2D eigenvalue weighted by atomic mass is 35.6. The Morgan fingerprint density at radius 2 is 1.82 bits per heavy atom. The predicted molar refractivity (Wildman–Crippen MR) is 87.7 cm³/mol. The van der Waals surface area contributed by atoms with E-state index in [-0.39, 0.29) is 5.56 Å². The molecule has 0 fully saturated rings. The lowest BCUT2D eigenvalue weighted by molar-refractivity contribution is 0.0602. The minimum absolute atomic E-state index is 0.253. The van der Waals surface area contributed by atoms with Gasteiger partial charge in [0.2, 0.25) is 3.79 Å². The quantitative estimate of drug-likeness (QED) is 0.487. The Morgan fingerprint density at radius 1 is 1.23 bits per heavy atom. The lowest BCUT2D eigenvalue weighted by atomic mass is 10.1. The van der Waals surface area contributed by atoms with Crippen LogP contribution in [-0.2, 0) is 4.74 Å². The summed E-state index contributed by atoms with van der Waals surface area (Å²) >= 11 is 17.6. The number of urea groups is 1. The van der Waals surface area contributed by atoms with E-state index >= 15 is 0 Å². The highest BCUT2D eigenvalue weighted by molar-refractivity contribution is 6.68. The number of amides is 2. The second kappa shape index (κ2) is 7.76. The highest BCUT2D eigenvalue weighted by Crippen LogP contribution is 2.32. The first-order chi connectivity index (χ1) is 10.2. The van der Waals surface area contributed by atoms with Crippen LogP contribution in [0.2, 0.25) is 0 Å². The Kier molecular flexibility index (Phi) is 6.59. The number of hydrogen-bond acceptors (Lipinski definition) is 4. The first kappa shape index (κ1) is 18.7. The van der Waals surface area contributed by atoms with Crippen molar-refractivity contribution in [3.8, 4) is 0 Å². The summed E-state index contributed by atoms with van der Waals surface area (Å²) in [4.78, 5) is 24.8. The number of nitrogens with one attached hydrogen (secondary N) is 2. The van der Waals surface area contributed by atoms with Gasteiger partial charge in [-0.25, -0.2) is 9.59 Å². The Hall–Kier alpha value is -1.37. The molecule has 0 saturated carbocycles. The van der Waals surface area contributed by atoms with E-state index in [4.69, 9.17) is 34.8 Å². The number of benzene rings is 1. The van der Waals surface area contributed by atoms with Crippen LogP contribution in [0.15, 0.2) is 24.3 Å². The number of ether oxygens (including phenoxy) is 1. The van der Waals surface area contributed by atoms with Gasteiger partial charge in [-0.2, -0.15) is 0 Å². The van der Waals surface area contributed by atoms with Gasteiger partial charge in [-0.15, -0.1) is 0 Å². The van der Waals surface area contributed by atoms with Crippen LogP contribution >= 0.6 is 34.8 Å². The number of para-hydroxylation sites is 1. The average molecular weight is 369 g/mol. The van der Waals surface area contributed by atoms with Gasteiger partial charge in [-0.3, -0.25) is 0 Å². The van der Waals surface area contributed by atoms with Gasteiger partial charge < -0.3 is 20.3 Å². The van der Waals surface area contributed by atoms with E-state index in [9.17, 15) is 9.59 Å². The smallest absolute Gasteiger partial charge is 0.339 e. The summed E-state index contributed by atoms with van der Waals surface area (Å²) in [5, 5.41) is 5.35. The van der Waals surface area contributed by atoms with E-state index in [0.29, 0.717) is 5.69 Å². The third kappa shape index (κ3) is 5.12. The van der Waals surface area contributed by atoms with Crippen molar-refractivity contribution in [3.05, 3.63) is 29.8 Å². The number of alkyl halides is 3. The van der Waals surface area contributed by atoms with Crippen LogP contribution < -0.4 is 10.6 Å². The third-order valence-electron chi connectivity index (χ3n) is 2.63. The summed E-state index contributed by atoms with van der Waals surface area (Å²) in [5.74, 6) is -0.551. The molecule has 0 bridgehead atoms. The molecular weight excluding hydrogens is 353 g/mol.